The molecule has 1 heterocycles. The van der Waals surface area contributed by atoms with Crippen LogP contribution < -0.4 is 5.73 Å². The summed E-state index contributed by atoms with van der Waals surface area (Å²) in [6, 6.07) is 12.7. The van der Waals surface area contributed by atoms with Gasteiger partial charge in [-0.05, 0) is 35.7 Å². The van der Waals surface area contributed by atoms with Gasteiger partial charge in [0, 0.05) is 23.5 Å². The molecule has 20 heavy (non-hydrogen) atoms. The molecule has 0 fully saturated rings. The minimum atomic E-state index is 0.406. The van der Waals surface area contributed by atoms with Crippen molar-refractivity contribution in [3.63, 3.8) is 0 Å². The maximum absolute atomic E-state index is 5.41. The lowest BCUT2D eigenvalue weighted by Crippen LogP contribution is -2.21. The van der Waals surface area contributed by atoms with E-state index in [2.05, 4.69) is 59.4 Å². The largest absolute Gasteiger partial charge is 0.320 e. The zero-order valence-electron chi connectivity index (χ0n) is 11.8. The molecule has 0 amide bonds. The van der Waals surface area contributed by atoms with E-state index in [1.54, 1.807) is 0 Å². The molecule has 0 spiro atoms. The number of thiophene rings is 1. The van der Waals surface area contributed by atoms with Crippen molar-refractivity contribution in [3.8, 4) is 11.8 Å². The van der Waals surface area contributed by atoms with Crippen LogP contribution in [0.5, 0.6) is 0 Å². The third kappa shape index (κ3) is 4.50. The Morgan fingerprint density at radius 2 is 2.10 bits per heavy atom. The third-order valence-corrected chi connectivity index (χ3v) is 3.94. The van der Waals surface area contributed by atoms with Gasteiger partial charge in [-0.1, -0.05) is 37.0 Å². The van der Waals surface area contributed by atoms with Gasteiger partial charge in [-0.3, -0.25) is 4.90 Å². The van der Waals surface area contributed by atoms with E-state index >= 15 is 0 Å². The van der Waals surface area contributed by atoms with Crippen molar-refractivity contribution in [2.75, 3.05) is 13.1 Å². The van der Waals surface area contributed by atoms with Crippen molar-refractivity contribution in [1.29, 1.82) is 0 Å². The molecule has 0 aliphatic carbocycles. The molecule has 0 aliphatic heterocycles. The maximum Gasteiger partial charge on any atom is 0.0555 e. The number of benzene rings is 1. The molecule has 2 N–H and O–H groups in total. The molecule has 0 aliphatic rings. The third-order valence-electron chi connectivity index (χ3n) is 3.07. The number of rotatable bonds is 5. The van der Waals surface area contributed by atoms with Crippen molar-refractivity contribution < 1.29 is 0 Å². The standard InChI is InChI=1S/C17H20N2S/c1-2-19(14-17-9-5-11-20-17)13-16-7-3-6-15(12-16)8-4-10-18/h3,5-7,9,11-12H,2,10,13-14,18H2,1H3. The quantitative estimate of drug-likeness (QED) is 0.855. The summed E-state index contributed by atoms with van der Waals surface area (Å²) >= 11 is 1.81. The molecule has 3 heteroatoms. The Bertz CT molecular complexity index is 579. The van der Waals surface area contributed by atoms with Crippen LogP contribution in [0.3, 0.4) is 0 Å². The average molecular weight is 284 g/mol. The summed E-state index contributed by atoms with van der Waals surface area (Å²) in [4.78, 5) is 3.84. The molecule has 2 rings (SSSR count). The molecule has 0 saturated heterocycles. The molecular formula is C17H20N2S. The van der Waals surface area contributed by atoms with Crippen LogP contribution >= 0.6 is 11.3 Å². The van der Waals surface area contributed by atoms with Crippen molar-refractivity contribution in [1.82, 2.24) is 4.90 Å². The summed E-state index contributed by atoms with van der Waals surface area (Å²) < 4.78 is 0. The predicted molar refractivity (Wildman–Crippen MR) is 86.5 cm³/mol. The van der Waals surface area contributed by atoms with Crippen molar-refractivity contribution in [3.05, 3.63) is 57.8 Å². The van der Waals surface area contributed by atoms with Gasteiger partial charge in [-0.25, -0.2) is 0 Å². The Morgan fingerprint density at radius 1 is 1.20 bits per heavy atom. The average Bonchev–Trinajstić information content (AvgIpc) is 2.98. The molecule has 1 aromatic heterocycles. The minimum absolute atomic E-state index is 0.406. The van der Waals surface area contributed by atoms with Crippen molar-refractivity contribution in [2.24, 2.45) is 5.73 Å². The summed E-state index contributed by atoms with van der Waals surface area (Å²) in [5, 5.41) is 2.13. The summed E-state index contributed by atoms with van der Waals surface area (Å²) in [6.07, 6.45) is 0. The number of nitrogens with zero attached hydrogens (tertiary/aromatic N) is 1. The first-order valence-electron chi connectivity index (χ1n) is 6.84. The van der Waals surface area contributed by atoms with E-state index in [9.17, 15) is 0 Å². The number of nitrogens with two attached hydrogens (primary N) is 1. The van der Waals surface area contributed by atoms with Gasteiger partial charge in [0.25, 0.3) is 0 Å². The minimum Gasteiger partial charge on any atom is -0.320 e. The van der Waals surface area contributed by atoms with Gasteiger partial charge in [-0.2, -0.15) is 0 Å². The molecule has 0 atom stereocenters. The molecule has 0 unspecified atom stereocenters. The van der Waals surface area contributed by atoms with Gasteiger partial charge < -0.3 is 5.73 Å². The highest BCUT2D eigenvalue weighted by Gasteiger charge is 2.06. The Balaban J connectivity index is 2.03. The van der Waals surface area contributed by atoms with Crippen LogP contribution in [-0.4, -0.2) is 18.0 Å². The fourth-order valence-electron chi connectivity index (χ4n) is 2.06. The first kappa shape index (κ1) is 14.8. The maximum atomic E-state index is 5.41. The predicted octanol–water partition coefficient (Wildman–Crippen LogP) is 3.08. The molecule has 2 nitrogen and oxygen atoms in total. The fraction of sp³-hybridized carbons (Fsp3) is 0.294. The van der Waals surface area contributed by atoms with Crippen LogP contribution in [-0.2, 0) is 13.1 Å². The van der Waals surface area contributed by atoms with Crippen LogP contribution in [0, 0.1) is 11.8 Å². The lowest BCUT2D eigenvalue weighted by Gasteiger charge is -2.19. The monoisotopic (exact) mass is 284 g/mol. The molecule has 0 saturated carbocycles. The molecule has 2 aromatic rings. The first-order chi connectivity index (χ1) is 9.81. The molecular weight excluding hydrogens is 264 g/mol. The van der Waals surface area contributed by atoms with E-state index in [1.807, 2.05) is 17.4 Å². The van der Waals surface area contributed by atoms with Crippen molar-refractivity contribution >= 4 is 11.3 Å². The molecule has 0 bridgehead atoms. The van der Waals surface area contributed by atoms with Crippen molar-refractivity contribution in [2.45, 2.75) is 20.0 Å². The van der Waals surface area contributed by atoms with Gasteiger partial charge in [0.2, 0.25) is 0 Å². The zero-order valence-corrected chi connectivity index (χ0v) is 12.6. The Morgan fingerprint density at radius 3 is 2.80 bits per heavy atom. The SMILES string of the molecule is CCN(Cc1cccc(C#CCN)c1)Cc1cccs1. The second kappa shape index (κ2) is 7.86. The zero-order chi connectivity index (χ0) is 14.2. The van der Waals surface area contributed by atoms with E-state index < -0.39 is 0 Å². The highest BCUT2D eigenvalue weighted by atomic mass is 32.1. The lowest BCUT2D eigenvalue weighted by molar-refractivity contribution is 0.274. The Kier molecular flexibility index (Phi) is 5.82. The summed E-state index contributed by atoms with van der Waals surface area (Å²) in [6.45, 7) is 5.60. The van der Waals surface area contributed by atoms with Gasteiger partial charge in [0.1, 0.15) is 0 Å². The highest BCUT2D eigenvalue weighted by Crippen LogP contribution is 2.14. The van der Waals surface area contributed by atoms with Gasteiger partial charge in [0.05, 0.1) is 6.54 Å². The fourth-order valence-corrected chi connectivity index (χ4v) is 2.81. The molecule has 0 radical (unpaired) electrons. The second-order valence-electron chi connectivity index (χ2n) is 4.59. The van der Waals surface area contributed by atoms with E-state index in [4.69, 9.17) is 5.73 Å². The van der Waals surface area contributed by atoms with Crippen LogP contribution in [0.1, 0.15) is 22.9 Å². The van der Waals surface area contributed by atoms with Crippen LogP contribution in [0.25, 0.3) is 0 Å². The van der Waals surface area contributed by atoms with Crippen LogP contribution in [0.2, 0.25) is 0 Å². The smallest absolute Gasteiger partial charge is 0.0555 e. The number of hydrogen-bond donors (Lipinski definition) is 1. The van der Waals surface area contributed by atoms with Gasteiger partial charge in [-0.15, -0.1) is 11.3 Å². The highest BCUT2D eigenvalue weighted by molar-refractivity contribution is 7.09. The summed E-state index contributed by atoms with van der Waals surface area (Å²) in [7, 11) is 0. The van der Waals surface area contributed by atoms with E-state index in [0.717, 1.165) is 25.2 Å². The van der Waals surface area contributed by atoms with E-state index in [-0.39, 0.29) is 0 Å². The van der Waals surface area contributed by atoms with Gasteiger partial charge in [0.15, 0.2) is 0 Å². The normalized spacial score (nSPS) is 10.3. The molecule has 104 valence electrons. The Hall–Kier alpha value is -1.60. The van der Waals surface area contributed by atoms with E-state index in [0.29, 0.717) is 6.54 Å². The second-order valence-corrected chi connectivity index (χ2v) is 5.62. The summed E-state index contributed by atoms with van der Waals surface area (Å²) in [5.74, 6) is 5.99. The molecule has 1 aromatic carbocycles. The van der Waals surface area contributed by atoms with Crippen LogP contribution in [0.15, 0.2) is 41.8 Å². The van der Waals surface area contributed by atoms with Gasteiger partial charge >= 0.3 is 0 Å². The summed E-state index contributed by atoms with van der Waals surface area (Å²) in [5.41, 5.74) is 7.75. The first-order valence-corrected chi connectivity index (χ1v) is 7.72. The topological polar surface area (TPSA) is 29.3 Å². The Labute approximate surface area is 125 Å². The van der Waals surface area contributed by atoms with E-state index in [1.165, 1.54) is 10.4 Å². The lowest BCUT2D eigenvalue weighted by atomic mass is 10.1. The number of hydrogen-bond acceptors (Lipinski definition) is 3. The van der Waals surface area contributed by atoms with Crippen LogP contribution in [0.4, 0.5) is 0 Å².